The van der Waals surface area contributed by atoms with E-state index in [9.17, 15) is 24.3 Å². The van der Waals surface area contributed by atoms with Crippen LogP contribution >= 0.6 is 0 Å². The van der Waals surface area contributed by atoms with E-state index in [4.69, 9.17) is 17.2 Å². The third-order valence-electron chi connectivity index (χ3n) is 4.89. The Balaban J connectivity index is 2.58. The number of nitrogens with two attached hydrogens (primary N) is 3. The Morgan fingerprint density at radius 1 is 1.03 bits per heavy atom. The number of rotatable bonds is 14. The molecule has 0 radical (unpaired) electrons. The maximum Gasteiger partial charge on any atom is 0.326 e. The molecular weight excluding hydrogens is 442 g/mol. The Morgan fingerprint density at radius 2 is 1.68 bits per heavy atom. The first-order chi connectivity index (χ1) is 16.0. The van der Waals surface area contributed by atoms with Gasteiger partial charge >= 0.3 is 5.97 Å². The van der Waals surface area contributed by atoms with Gasteiger partial charge in [0.15, 0.2) is 5.96 Å². The Kier molecular flexibility index (Phi) is 12.1. The van der Waals surface area contributed by atoms with Crippen molar-refractivity contribution in [2.24, 2.45) is 28.1 Å². The van der Waals surface area contributed by atoms with Crippen LogP contribution < -0.4 is 33.2 Å². The van der Waals surface area contributed by atoms with Crippen molar-refractivity contribution in [3.63, 3.8) is 0 Å². The molecular formula is C22H35N7O5. The van der Waals surface area contributed by atoms with E-state index in [0.29, 0.717) is 19.4 Å². The van der Waals surface area contributed by atoms with E-state index in [2.05, 4.69) is 20.9 Å². The van der Waals surface area contributed by atoms with E-state index < -0.39 is 48.4 Å². The van der Waals surface area contributed by atoms with Gasteiger partial charge in [-0.1, -0.05) is 44.2 Å². The maximum atomic E-state index is 12.6. The molecule has 12 nitrogen and oxygen atoms in total. The van der Waals surface area contributed by atoms with Crippen molar-refractivity contribution in [2.45, 2.75) is 51.2 Å². The van der Waals surface area contributed by atoms with E-state index >= 15 is 0 Å². The van der Waals surface area contributed by atoms with Crippen molar-refractivity contribution in [2.75, 3.05) is 13.1 Å². The van der Waals surface area contributed by atoms with Crippen LogP contribution in [0.4, 0.5) is 0 Å². The van der Waals surface area contributed by atoms with Crippen molar-refractivity contribution in [1.82, 2.24) is 16.0 Å². The second kappa shape index (κ2) is 14.5. The molecule has 0 aliphatic carbocycles. The fraction of sp³-hybridized carbons (Fsp3) is 0.500. The molecule has 0 spiro atoms. The highest BCUT2D eigenvalue weighted by atomic mass is 16.4. The molecule has 0 bridgehead atoms. The SMILES string of the molecule is CC(C)[C@H](NC(=O)[C@@H](N)CCCN=C(N)N)C(=O)NCC(=O)N[C@@H](Cc1ccccc1)C(=O)O. The van der Waals surface area contributed by atoms with Gasteiger partial charge in [-0.2, -0.15) is 0 Å². The maximum absolute atomic E-state index is 12.6. The lowest BCUT2D eigenvalue weighted by Gasteiger charge is -2.23. The highest BCUT2D eigenvalue weighted by molar-refractivity contribution is 5.92. The predicted molar refractivity (Wildman–Crippen MR) is 127 cm³/mol. The molecule has 0 heterocycles. The topological polar surface area (TPSA) is 215 Å². The zero-order valence-electron chi connectivity index (χ0n) is 19.5. The quantitative estimate of drug-likeness (QED) is 0.0942. The number of aliphatic carboxylic acids is 1. The summed E-state index contributed by atoms with van der Waals surface area (Å²) in [7, 11) is 0. The standard InChI is InChI=1S/C22H35N7O5/c1-13(2)18(29-19(31)15(23)9-6-10-26-22(24)25)20(32)27-12-17(30)28-16(21(33)34)11-14-7-4-3-5-8-14/h3-5,7-8,13,15-16,18H,6,9-12,23H2,1-2H3,(H,27,32)(H,28,30)(H,29,31)(H,33,34)(H4,24,25,26)/t15-,16-,18-/m0/s1. The average molecular weight is 478 g/mol. The predicted octanol–water partition coefficient (Wildman–Crippen LogP) is -1.56. The van der Waals surface area contributed by atoms with Crippen LogP contribution in [-0.2, 0) is 25.6 Å². The van der Waals surface area contributed by atoms with E-state index in [1.54, 1.807) is 44.2 Å². The van der Waals surface area contributed by atoms with Crippen LogP contribution in [-0.4, -0.2) is 66.0 Å². The van der Waals surface area contributed by atoms with E-state index in [1.165, 1.54) is 0 Å². The molecule has 0 saturated heterocycles. The van der Waals surface area contributed by atoms with Gasteiger partial charge in [-0.3, -0.25) is 19.4 Å². The highest BCUT2D eigenvalue weighted by Gasteiger charge is 2.27. The van der Waals surface area contributed by atoms with Crippen molar-refractivity contribution < 1.29 is 24.3 Å². The summed E-state index contributed by atoms with van der Waals surface area (Å²) in [4.78, 5) is 52.5. The lowest BCUT2D eigenvalue weighted by Crippen LogP contribution is -2.55. The second-order valence-corrected chi connectivity index (χ2v) is 8.15. The average Bonchev–Trinajstić information content (AvgIpc) is 2.78. The van der Waals surface area contributed by atoms with Gasteiger partial charge < -0.3 is 38.3 Å². The summed E-state index contributed by atoms with van der Waals surface area (Å²) in [6, 6.07) is 5.92. The van der Waals surface area contributed by atoms with Crippen LogP contribution in [0.15, 0.2) is 35.3 Å². The van der Waals surface area contributed by atoms with Gasteiger partial charge in [-0.15, -0.1) is 0 Å². The lowest BCUT2D eigenvalue weighted by molar-refractivity contribution is -0.141. The number of benzene rings is 1. The first-order valence-corrected chi connectivity index (χ1v) is 11.0. The van der Waals surface area contributed by atoms with Crippen molar-refractivity contribution in [3.05, 3.63) is 35.9 Å². The Labute approximate surface area is 198 Å². The third-order valence-corrected chi connectivity index (χ3v) is 4.89. The van der Waals surface area contributed by atoms with Crippen LogP contribution in [0.5, 0.6) is 0 Å². The smallest absolute Gasteiger partial charge is 0.326 e. The molecule has 0 saturated carbocycles. The molecule has 1 aromatic rings. The summed E-state index contributed by atoms with van der Waals surface area (Å²) in [6.45, 7) is 3.35. The number of carbonyl (C=O) groups excluding carboxylic acids is 3. The molecule has 0 unspecified atom stereocenters. The number of carboxylic acid groups (broad SMARTS) is 1. The molecule has 3 atom stereocenters. The summed E-state index contributed by atoms with van der Waals surface area (Å²) < 4.78 is 0. The van der Waals surface area contributed by atoms with Gasteiger partial charge in [0, 0.05) is 13.0 Å². The fourth-order valence-electron chi connectivity index (χ4n) is 3.02. The number of nitrogens with zero attached hydrogens (tertiary/aromatic N) is 1. The lowest BCUT2D eigenvalue weighted by atomic mass is 10.0. The van der Waals surface area contributed by atoms with Crippen LogP contribution in [0.2, 0.25) is 0 Å². The van der Waals surface area contributed by atoms with E-state index in [-0.39, 0.29) is 18.3 Å². The molecule has 3 amide bonds. The summed E-state index contributed by atoms with van der Waals surface area (Å²) in [5.74, 6) is -3.29. The van der Waals surface area contributed by atoms with Gasteiger partial charge in [-0.05, 0) is 24.3 Å². The Hall–Kier alpha value is -3.67. The van der Waals surface area contributed by atoms with Gasteiger partial charge in [-0.25, -0.2) is 4.79 Å². The first kappa shape index (κ1) is 28.4. The van der Waals surface area contributed by atoms with Gasteiger partial charge in [0.25, 0.3) is 0 Å². The summed E-state index contributed by atoms with van der Waals surface area (Å²) in [6.07, 6.45) is 0.899. The number of amides is 3. The normalized spacial score (nSPS) is 13.3. The molecule has 12 heteroatoms. The summed E-state index contributed by atoms with van der Waals surface area (Å²) >= 11 is 0. The molecule has 0 fully saturated rings. The third kappa shape index (κ3) is 10.8. The minimum absolute atomic E-state index is 0.0478. The van der Waals surface area contributed by atoms with Crippen molar-refractivity contribution in [1.29, 1.82) is 0 Å². The largest absolute Gasteiger partial charge is 0.480 e. The minimum atomic E-state index is -1.19. The Bertz CT molecular complexity index is 856. The molecule has 188 valence electrons. The zero-order chi connectivity index (χ0) is 25.7. The summed E-state index contributed by atoms with van der Waals surface area (Å²) in [5, 5.41) is 16.8. The molecule has 0 aliphatic heterocycles. The van der Waals surface area contributed by atoms with Crippen LogP contribution in [0.1, 0.15) is 32.3 Å². The number of carbonyl (C=O) groups is 4. The summed E-state index contributed by atoms with van der Waals surface area (Å²) in [5.41, 5.74) is 17.1. The van der Waals surface area contributed by atoms with Gasteiger partial charge in [0.05, 0.1) is 12.6 Å². The monoisotopic (exact) mass is 477 g/mol. The highest BCUT2D eigenvalue weighted by Crippen LogP contribution is 2.05. The number of hydrogen-bond acceptors (Lipinski definition) is 6. The Morgan fingerprint density at radius 3 is 2.24 bits per heavy atom. The minimum Gasteiger partial charge on any atom is -0.480 e. The van der Waals surface area contributed by atoms with Crippen molar-refractivity contribution in [3.8, 4) is 0 Å². The number of hydrogen-bond donors (Lipinski definition) is 7. The molecule has 0 aromatic heterocycles. The number of carboxylic acids is 1. The molecule has 34 heavy (non-hydrogen) atoms. The van der Waals surface area contributed by atoms with Crippen LogP contribution in [0.25, 0.3) is 0 Å². The molecule has 0 aliphatic rings. The number of aliphatic imine (C=N–C) groups is 1. The van der Waals surface area contributed by atoms with Gasteiger partial charge in [0.2, 0.25) is 17.7 Å². The molecule has 1 rings (SSSR count). The number of nitrogens with one attached hydrogen (secondary N) is 3. The van der Waals surface area contributed by atoms with Crippen LogP contribution in [0.3, 0.4) is 0 Å². The van der Waals surface area contributed by atoms with E-state index in [0.717, 1.165) is 5.56 Å². The van der Waals surface area contributed by atoms with E-state index in [1.807, 2.05) is 0 Å². The molecule has 1 aromatic carbocycles. The fourth-order valence-corrected chi connectivity index (χ4v) is 3.02. The van der Waals surface area contributed by atoms with Crippen LogP contribution in [0, 0.1) is 5.92 Å². The van der Waals surface area contributed by atoms with Crippen molar-refractivity contribution >= 4 is 29.7 Å². The second-order valence-electron chi connectivity index (χ2n) is 8.15. The zero-order valence-corrected chi connectivity index (χ0v) is 19.5. The van der Waals surface area contributed by atoms with Gasteiger partial charge in [0.1, 0.15) is 12.1 Å². The molecule has 10 N–H and O–H groups in total. The number of guanidine groups is 1. The first-order valence-electron chi connectivity index (χ1n) is 11.0.